The molecule has 0 aliphatic rings. The summed E-state index contributed by atoms with van der Waals surface area (Å²) < 4.78 is 30.8. The SMILES string of the molecule is Cc1oc(S(=O)(=O)N(C)C)cc1C(=O)N(CCN)CCc1ccccc1.Cl. The molecule has 1 aromatic heterocycles. The Morgan fingerprint density at radius 3 is 2.33 bits per heavy atom. The quantitative estimate of drug-likeness (QED) is 0.710. The first-order valence-electron chi connectivity index (χ1n) is 8.33. The number of halogens is 1. The molecule has 1 aromatic carbocycles. The number of sulfonamides is 1. The zero-order valence-electron chi connectivity index (χ0n) is 15.7. The molecule has 7 nitrogen and oxygen atoms in total. The van der Waals surface area contributed by atoms with Gasteiger partial charge in [0.15, 0.2) is 0 Å². The van der Waals surface area contributed by atoms with E-state index in [1.165, 1.54) is 20.2 Å². The standard InChI is InChI=1S/C18H25N3O4S.ClH/c1-14-16(13-17(25-14)26(23,24)20(2)3)18(22)21(12-10-19)11-9-15-7-5-4-6-8-15;/h4-8,13H,9-12,19H2,1-3H3;1H. The lowest BCUT2D eigenvalue weighted by Gasteiger charge is -2.21. The number of rotatable bonds is 8. The fourth-order valence-electron chi connectivity index (χ4n) is 2.52. The molecule has 9 heteroatoms. The second kappa shape index (κ2) is 9.89. The van der Waals surface area contributed by atoms with E-state index in [1.807, 2.05) is 30.3 Å². The summed E-state index contributed by atoms with van der Waals surface area (Å²) in [5.41, 5.74) is 7.00. The summed E-state index contributed by atoms with van der Waals surface area (Å²) >= 11 is 0. The predicted molar refractivity (Wildman–Crippen MR) is 107 cm³/mol. The van der Waals surface area contributed by atoms with E-state index < -0.39 is 10.0 Å². The molecule has 1 amide bonds. The fourth-order valence-corrected chi connectivity index (χ4v) is 3.38. The molecule has 1 heterocycles. The fraction of sp³-hybridized carbons (Fsp3) is 0.389. The lowest BCUT2D eigenvalue weighted by Crippen LogP contribution is -2.37. The first-order valence-corrected chi connectivity index (χ1v) is 9.77. The van der Waals surface area contributed by atoms with Gasteiger partial charge in [-0.3, -0.25) is 4.79 Å². The normalized spacial score (nSPS) is 11.3. The van der Waals surface area contributed by atoms with Crippen LogP contribution in [0.15, 0.2) is 45.9 Å². The summed E-state index contributed by atoms with van der Waals surface area (Å²) in [6, 6.07) is 11.1. The highest BCUT2D eigenvalue weighted by atomic mass is 35.5. The smallest absolute Gasteiger partial charge is 0.275 e. The first-order chi connectivity index (χ1) is 12.3. The second-order valence-corrected chi connectivity index (χ2v) is 8.22. The van der Waals surface area contributed by atoms with Crippen LogP contribution in [0.1, 0.15) is 21.7 Å². The van der Waals surface area contributed by atoms with Crippen LogP contribution in [0, 0.1) is 6.92 Å². The third-order valence-corrected chi connectivity index (χ3v) is 5.73. The third-order valence-electron chi connectivity index (χ3n) is 4.06. The Balaban J connectivity index is 0.00000364. The topological polar surface area (TPSA) is 96.8 Å². The monoisotopic (exact) mass is 415 g/mol. The molecule has 0 aliphatic carbocycles. The van der Waals surface area contributed by atoms with E-state index in [9.17, 15) is 13.2 Å². The molecule has 2 N–H and O–H groups in total. The van der Waals surface area contributed by atoms with Gasteiger partial charge >= 0.3 is 0 Å². The number of hydrogen-bond donors (Lipinski definition) is 1. The number of hydrogen-bond acceptors (Lipinski definition) is 5. The van der Waals surface area contributed by atoms with Crippen LogP contribution in [0.5, 0.6) is 0 Å². The van der Waals surface area contributed by atoms with Crippen molar-refractivity contribution in [2.45, 2.75) is 18.4 Å². The highest BCUT2D eigenvalue weighted by Gasteiger charge is 2.27. The number of aryl methyl sites for hydroxylation is 1. The van der Waals surface area contributed by atoms with Gasteiger partial charge in [-0.15, -0.1) is 12.4 Å². The molecule has 0 unspecified atom stereocenters. The van der Waals surface area contributed by atoms with Gasteiger partial charge in [-0.2, -0.15) is 0 Å². The van der Waals surface area contributed by atoms with Gasteiger partial charge in [-0.25, -0.2) is 12.7 Å². The minimum atomic E-state index is -3.73. The number of furan rings is 1. The van der Waals surface area contributed by atoms with Crippen LogP contribution >= 0.6 is 12.4 Å². The minimum Gasteiger partial charge on any atom is -0.448 e. The van der Waals surface area contributed by atoms with Gasteiger partial charge in [0.1, 0.15) is 5.76 Å². The molecule has 0 radical (unpaired) electrons. The van der Waals surface area contributed by atoms with Gasteiger partial charge in [-0.1, -0.05) is 30.3 Å². The van der Waals surface area contributed by atoms with Gasteiger partial charge in [0, 0.05) is 39.8 Å². The summed E-state index contributed by atoms with van der Waals surface area (Å²) in [5.74, 6) is -0.00926. The number of carbonyl (C=O) groups excluding carboxylic acids is 1. The van der Waals surface area contributed by atoms with E-state index >= 15 is 0 Å². The number of nitrogens with zero attached hydrogens (tertiary/aromatic N) is 2. The van der Waals surface area contributed by atoms with Crippen LogP contribution in [0.4, 0.5) is 0 Å². The number of amides is 1. The third kappa shape index (κ3) is 5.55. The number of carbonyl (C=O) groups is 1. The molecule has 0 atom stereocenters. The summed E-state index contributed by atoms with van der Waals surface area (Å²) in [5, 5.41) is -0.237. The van der Waals surface area contributed by atoms with Crippen molar-refractivity contribution in [1.82, 2.24) is 9.21 Å². The van der Waals surface area contributed by atoms with Gasteiger partial charge in [0.2, 0.25) is 5.09 Å². The molecule has 27 heavy (non-hydrogen) atoms. The minimum absolute atomic E-state index is 0. The van der Waals surface area contributed by atoms with E-state index in [-0.39, 0.29) is 34.7 Å². The zero-order valence-corrected chi connectivity index (χ0v) is 17.3. The summed E-state index contributed by atoms with van der Waals surface area (Å²) in [6.45, 7) is 2.77. The molecule has 2 aromatic rings. The van der Waals surface area contributed by atoms with Crippen LogP contribution in [0.3, 0.4) is 0 Å². The number of benzene rings is 1. The average molecular weight is 416 g/mol. The second-order valence-electron chi connectivity index (χ2n) is 6.14. The maximum Gasteiger partial charge on any atom is 0.275 e. The molecule has 0 saturated heterocycles. The molecule has 0 saturated carbocycles. The molecule has 0 bridgehead atoms. The largest absolute Gasteiger partial charge is 0.448 e. The van der Waals surface area contributed by atoms with Gasteiger partial charge in [0.25, 0.3) is 15.9 Å². The molecule has 0 spiro atoms. The Hall–Kier alpha value is -1.87. The van der Waals surface area contributed by atoms with Crippen molar-refractivity contribution in [3.63, 3.8) is 0 Å². The zero-order chi connectivity index (χ0) is 19.3. The molecular weight excluding hydrogens is 390 g/mol. The van der Waals surface area contributed by atoms with E-state index in [4.69, 9.17) is 10.2 Å². The lowest BCUT2D eigenvalue weighted by molar-refractivity contribution is 0.0760. The molecule has 0 aliphatic heterocycles. The van der Waals surface area contributed by atoms with Gasteiger partial charge < -0.3 is 15.1 Å². The highest BCUT2D eigenvalue weighted by molar-refractivity contribution is 7.88. The Morgan fingerprint density at radius 1 is 1.15 bits per heavy atom. The van der Waals surface area contributed by atoms with Crippen molar-refractivity contribution < 1.29 is 17.6 Å². The van der Waals surface area contributed by atoms with Crippen molar-refractivity contribution in [2.24, 2.45) is 5.73 Å². The summed E-state index contributed by atoms with van der Waals surface area (Å²) in [7, 11) is -0.910. The predicted octanol–water partition coefficient (Wildman–Crippen LogP) is 1.90. The van der Waals surface area contributed by atoms with Crippen LogP contribution in [0.2, 0.25) is 0 Å². The van der Waals surface area contributed by atoms with E-state index in [0.717, 1.165) is 9.87 Å². The maximum atomic E-state index is 12.9. The van der Waals surface area contributed by atoms with Crippen molar-refractivity contribution >= 4 is 28.3 Å². The molecule has 0 fully saturated rings. The van der Waals surface area contributed by atoms with Crippen molar-refractivity contribution in [3.8, 4) is 0 Å². The van der Waals surface area contributed by atoms with Gasteiger partial charge in [0.05, 0.1) is 5.56 Å². The Labute approximate surface area is 166 Å². The first kappa shape index (κ1) is 23.2. The van der Waals surface area contributed by atoms with Crippen LogP contribution < -0.4 is 5.73 Å². The van der Waals surface area contributed by atoms with Crippen LogP contribution in [0.25, 0.3) is 0 Å². The molecular formula is C18H26ClN3O4S. The molecule has 2 rings (SSSR count). The van der Waals surface area contributed by atoms with Gasteiger partial charge in [-0.05, 0) is 18.9 Å². The van der Waals surface area contributed by atoms with Crippen LogP contribution in [-0.4, -0.2) is 57.3 Å². The van der Waals surface area contributed by atoms with Crippen molar-refractivity contribution in [3.05, 3.63) is 53.3 Å². The number of nitrogens with two attached hydrogens (primary N) is 1. The molecule has 150 valence electrons. The summed E-state index contributed by atoms with van der Waals surface area (Å²) in [4.78, 5) is 14.5. The van der Waals surface area contributed by atoms with Crippen LogP contribution in [-0.2, 0) is 16.4 Å². The average Bonchev–Trinajstić information content (AvgIpc) is 3.01. The van der Waals surface area contributed by atoms with E-state index in [0.29, 0.717) is 26.1 Å². The lowest BCUT2D eigenvalue weighted by atomic mass is 10.1. The maximum absolute atomic E-state index is 12.9. The highest BCUT2D eigenvalue weighted by Crippen LogP contribution is 2.22. The Morgan fingerprint density at radius 2 is 1.78 bits per heavy atom. The van der Waals surface area contributed by atoms with E-state index in [1.54, 1.807) is 11.8 Å². The Kier molecular flexibility index (Phi) is 8.49. The van der Waals surface area contributed by atoms with Crippen molar-refractivity contribution in [1.29, 1.82) is 0 Å². The van der Waals surface area contributed by atoms with E-state index in [2.05, 4.69) is 0 Å². The Bertz CT molecular complexity index is 851. The van der Waals surface area contributed by atoms with Crippen molar-refractivity contribution in [2.75, 3.05) is 33.7 Å². The summed E-state index contributed by atoms with van der Waals surface area (Å²) in [6.07, 6.45) is 0.687.